The second-order valence-corrected chi connectivity index (χ2v) is 9.81. The molecular formula is C18H18Cl3NO2S. The van der Waals surface area contributed by atoms with E-state index in [1.54, 1.807) is 12.1 Å². The van der Waals surface area contributed by atoms with Crippen molar-refractivity contribution in [3.05, 3.63) is 57.6 Å². The molecule has 25 heavy (non-hydrogen) atoms. The van der Waals surface area contributed by atoms with Crippen LogP contribution in [0.25, 0.3) is 0 Å². The molecule has 0 amide bonds. The Hall–Kier alpha value is -0.940. The molecule has 0 radical (unpaired) electrons. The summed E-state index contributed by atoms with van der Waals surface area (Å²) in [6.45, 7) is 0. The highest BCUT2D eigenvalue weighted by molar-refractivity contribution is 8.13. The van der Waals surface area contributed by atoms with Crippen LogP contribution >= 0.6 is 33.9 Å². The third-order valence-corrected chi connectivity index (χ3v) is 6.47. The van der Waals surface area contributed by atoms with Crippen LogP contribution in [0.15, 0.2) is 41.3 Å². The summed E-state index contributed by atoms with van der Waals surface area (Å²) in [5.74, 6) is 1.31. The molecule has 0 saturated heterocycles. The van der Waals surface area contributed by atoms with Gasteiger partial charge in [0.2, 0.25) is 0 Å². The zero-order valence-electron chi connectivity index (χ0n) is 13.4. The number of benzene rings is 2. The summed E-state index contributed by atoms with van der Waals surface area (Å²) in [5, 5.41) is 0.902. The summed E-state index contributed by atoms with van der Waals surface area (Å²) in [4.78, 5) is -0.00904. The Morgan fingerprint density at radius 1 is 0.840 bits per heavy atom. The number of rotatable bonds is 3. The average molecular weight is 419 g/mol. The Labute approximate surface area is 162 Å². The third-order valence-electron chi connectivity index (χ3n) is 4.34. The van der Waals surface area contributed by atoms with E-state index in [9.17, 15) is 8.42 Å². The Morgan fingerprint density at radius 2 is 1.32 bits per heavy atom. The van der Waals surface area contributed by atoms with Gasteiger partial charge in [0.15, 0.2) is 0 Å². The average Bonchev–Trinajstić information content (AvgIpc) is 3.41. The summed E-state index contributed by atoms with van der Waals surface area (Å²) in [6.07, 6.45) is 4.92. The molecule has 0 spiro atoms. The third kappa shape index (κ3) is 5.04. The standard InChI is InChI=1S/C9H8Cl2O2S.C9H10ClN/c10-8-5-7(6-1-2-6)3-4-9(8)14(11,12)13;10-8-5-7(6-1-2-6)3-4-9(8)11/h3-6H,1-2H2;3-6H,1-2,11H2. The van der Waals surface area contributed by atoms with Crippen molar-refractivity contribution < 1.29 is 8.42 Å². The molecule has 2 aliphatic rings. The molecule has 2 aliphatic carbocycles. The lowest BCUT2D eigenvalue weighted by molar-refractivity contribution is 0.609. The van der Waals surface area contributed by atoms with E-state index in [1.165, 1.54) is 24.5 Å². The summed E-state index contributed by atoms with van der Waals surface area (Å²) in [6, 6.07) is 10.9. The zero-order valence-corrected chi connectivity index (χ0v) is 16.5. The number of anilines is 1. The molecule has 4 rings (SSSR count). The molecule has 0 unspecified atom stereocenters. The Kier molecular flexibility index (Phi) is 5.54. The fourth-order valence-electron chi connectivity index (χ4n) is 2.60. The first kappa shape index (κ1) is 18.8. The van der Waals surface area contributed by atoms with E-state index in [0.29, 0.717) is 16.6 Å². The first-order valence-electron chi connectivity index (χ1n) is 8.04. The number of nitrogens with two attached hydrogens (primary N) is 1. The maximum absolute atomic E-state index is 11.0. The van der Waals surface area contributed by atoms with Crippen molar-refractivity contribution in [3.63, 3.8) is 0 Å². The van der Waals surface area contributed by atoms with Crippen LogP contribution in [0.4, 0.5) is 5.69 Å². The molecule has 0 atom stereocenters. The van der Waals surface area contributed by atoms with Crippen molar-refractivity contribution >= 4 is 48.6 Å². The molecule has 7 heteroatoms. The number of nitrogen functional groups attached to an aromatic ring is 1. The Morgan fingerprint density at radius 3 is 1.72 bits per heavy atom. The number of hydrogen-bond acceptors (Lipinski definition) is 3. The molecule has 2 aromatic carbocycles. The van der Waals surface area contributed by atoms with E-state index in [1.807, 2.05) is 12.1 Å². The predicted molar refractivity (Wildman–Crippen MR) is 104 cm³/mol. The Balaban J connectivity index is 0.000000150. The van der Waals surface area contributed by atoms with Gasteiger partial charge in [0.05, 0.1) is 15.7 Å². The zero-order chi connectivity index (χ0) is 18.2. The summed E-state index contributed by atoms with van der Waals surface area (Å²) in [5.41, 5.74) is 8.69. The first-order valence-corrected chi connectivity index (χ1v) is 11.1. The second-order valence-electron chi connectivity index (χ2n) is 6.46. The van der Waals surface area contributed by atoms with E-state index in [0.717, 1.165) is 24.3 Å². The van der Waals surface area contributed by atoms with E-state index in [2.05, 4.69) is 6.07 Å². The van der Waals surface area contributed by atoms with E-state index >= 15 is 0 Å². The quantitative estimate of drug-likeness (QED) is 0.495. The summed E-state index contributed by atoms with van der Waals surface area (Å²) >= 11 is 11.7. The van der Waals surface area contributed by atoms with Crippen LogP contribution in [0.2, 0.25) is 10.0 Å². The Bertz CT molecular complexity index is 891. The van der Waals surface area contributed by atoms with Crippen molar-refractivity contribution in [3.8, 4) is 0 Å². The highest BCUT2D eigenvalue weighted by Gasteiger charge is 2.25. The maximum atomic E-state index is 11.0. The van der Waals surface area contributed by atoms with Crippen LogP contribution in [0.3, 0.4) is 0 Å². The van der Waals surface area contributed by atoms with Crippen molar-refractivity contribution in [2.24, 2.45) is 0 Å². The highest BCUT2D eigenvalue weighted by Crippen LogP contribution is 2.42. The van der Waals surface area contributed by atoms with E-state index in [-0.39, 0.29) is 9.92 Å². The van der Waals surface area contributed by atoms with Gasteiger partial charge in [-0.3, -0.25) is 0 Å². The topological polar surface area (TPSA) is 60.2 Å². The van der Waals surface area contributed by atoms with Crippen molar-refractivity contribution in [2.75, 3.05) is 5.73 Å². The molecule has 2 fully saturated rings. The first-order chi connectivity index (χ1) is 11.8. The van der Waals surface area contributed by atoms with Gasteiger partial charge in [0.25, 0.3) is 9.05 Å². The summed E-state index contributed by atoms with van der Waals surface area (Å²) < 4.78 is 22.1. The SMILES string of the molecule is Nc1ccc(C2CC2)cc1Cl.O=S(=O)(Cl)c1ccc(C2CC2)cc1Cl. The van der Waals surface area contributed by atoms with Crippen LogP contribution in [-0.2, 0) is 9.05 Å². The van der Waals surface area contributed by atoms with Crippen LogP contribution in [0.1, 0.15) is 48.6 Å². The smallest absolute Gasteiger partial charge is 0.262 e. The predicted octanol–water partition coefficient (Wildman–Crippen LogP) is 5.94. The van der Waals surface area contributed by atoms with Crippen LogP contribution < -0.4 is 5.73 Å². The molecule has 2 N–H and O–H groups in total. The van der Waals surface area contributed by atoms with Gasteiger partial charge in [-0.05, 0) is 72.9 Å². The molecule has 2 aromatic rings. The fraction of sp³-hybridized carbons (Fsp3) is 0.333. The minimum atomic E-state index is -3.72. The van der Waals surface area contributed by atoms with Crippen molar-refractivity contribution in [1.29, 1.82) is 0 Å². The number of hydrogen-bond donors (Lipinski definition) is 1. The molecule has 134 valence electrons. The molecule has 2 saturated carbocycles. The summed E-state index contributed by atoms with van der Waals surface area (Å²) in [7, 11) is 1.48. The van der Waals surface area contributed by atoms with Gasteiger partial charge in [-0.15, -0.1) is 0 Å². The van der Waals surface area contributed by atoms with Crippen molar-refractivity contribution in [1.82, 2.24) is 0 Å². The lowest BCUT2D eigenvalue weighted by Gasteiger charge is -2.02. The molecule has 0 aromatic heterocycles. The molecule has 0 bridgehead atoms. The van der Waals surface area contributed by atoms with Crippen LogP contribution in [0, 0.1) is 0 Å². The van der Waals surface area contributed by atoms with E-state index < -0.39 is 9.05 Å². The number of halogens is 3. The van der Waals surface area contributed by atoms with Crippen LogP contribution in [0.5, 0.6) is 0 Å². The van der Waals surface area contributed by atoms with Gasteiger partial charge in [-0.25, -0.2) is 8.42 Å². The largest absolute Gasteiger partial charge is 0.398 e. The van der Waals surface area contributed by atoms with Gasteiger partial charge in [-0.2, -0.15) is 0 Å². The minimum absolute atomic E-state index is 0.00904. The molecule has 3 nitrogen and oxygen atoms in total. The maximum Gasteiger partial charge on any atom is 0.262 e. The highest BCUT2D eigenvalue weighted by atomic mass is 35.7. The molecule has 0 heterocycles. The lowest BCUT2D eigenvalue weighted by atomic mass is 10.1. The van der Waals surface area contributed by atoms with Gasteiger partial charge < -0.3 is 5.73 Å². The van der Waals surface area contributed by atoms with Gasteiger partial charge in [0, 0.05) is 10.7 Å². The van der Waals surface area contributed by atoms with Crippen molar-refractivity contribution in [2.45, 2.75) is 42.4 Å². The van der Waals surface area contributed by atoms with Gasteiger partial charge in [-0.1, -0.05) is 35.3 Å². The fourth-order valence-corrected chi connectivity index (χ4v) is 4.33. The van der Waals surface area contributed by atoms with Crippen LogP contribution in [-0.4, -0.2) is 8.42 Å². The van der Waals surface area contributed by atoms with Gasteiger partial charge in [0.1, 0.15) is 4.90 Å². The minimum Gasteiger partial charge on any atom is -0.398 e. The second kappa shape index (κ2) is 7.36. The van der Waals surface area contributed by atoms with E-state index in [4.69, 9.17) is 39.6 Å². The van der Waals surface area contributed by atoms with Gasteiger partial charge >= 0.3 is 0 Å². The molecule has 0 aliphatic heterocycles. The molecular weight excluding hydrogens is 401 g/mol. The monoisotopic (exact) mass is 417 g/mol. The lowest BCUT2D eigenvalue weighted by Crippen LogP contribution is -1.92. The normalized spacial score (nSPS) is 16.9.